The Morgan fingerprint density at radius 3 is 1.27 bits per heavy atom. The summed E-state index contributed by atoms with van der Waals surface area (Å²) in [6.07, 6.45) is 3.07. The van der Waals surface area contributed by atoms with E-state index in [9.17, 15) is 29.4 Å². The Hall–Kier alpha value is -6.28. The molecule has 0 spiro atoms. The molecular formula is C36H24N2O6. The zero-order valence-electron chi connectivity index (χ0n) is 23.2. The predicted molar refractivity (Wildman–Crippen MR) is 173 cm³/mol. The quantitative estimate of drug-likeness (QED) is 0.136. The Kier molecular flexibility index (Phi) is 6.87. The maximum atomic E-state index is 13.4. The molecule has 4 N–H and O–H groups in total. The summed E-state index contributed by atoms with van der Waals surface area (Å²) < 4.78 is 0. The molecule has 0 fully saturated rings. The van der Waals surface area contributed by atoms with Crippen LogP contribution in [0, 0.1) is 0 Å². The average molecular weight is 581 g/mol. The van der Waals surface area contributed by atoms with Gasteiger partial charge in [-0.25, -0.2) is 9.59 Å². The monoisotopic (exact) mass is 580 g/mol. The minimum absolute atomic E-state index is 0.00634. The number of rotatable bonds is 8. The van der Waals surface area contributed by atoms with Gasteiger partial charge in [-0.3, -0.25) is 9.59 Å². The lowest BCUT2D eigenvalue weighted by Gasteiger charge is -2.17. The van der Waals surface area contributed by atoms with Gasteiger partial charge < -0.3 is 20.8 Å². The summed E-state index contributed by atoms with van der Waals surface area (Å²) in [5.74, 6) is -3.60. The molecule has 0 aliphatic carbocycles. The molecule has 214 valence electrons. The van der Waals surface area contributed by atoms with Crippen molar-refractivity contribution in [2.24, 2.45) is 0 Å². The van der Waals surface area contributed by atoms with Gasteiger partial charge in [0.05, 0.1) is 22.3 Å². The lowest BCUT2D eigenvalue weighted by molar-refractivity contribution is 0.0683. The topological polar surface area (TPSA) is 133 Å². The summed E-state index contributed by atoms with van der Waals surface area (Å²) in [4.78, 5) is 50.5. The third-order valence-corrected chi connectivity index (χ3v) is 7.67. The molecule has 6 aromatic rings. The van der Waals surface area contributed by atoms with E-state index in [1.807, 2.05) is 36.4 Å². The number of benzene rings is 6. The van der Waals surface area contributed by atoms with E-state index in [0.717, 1.165) is 32.3 Å². The van der Waals surface area contributed by atoms with E-state index >= 15 is 0 Å². The van der Waals surface area contributed by atoms with Gasteiger partial charge in [-0.1, -0.05) is 73.8 Å². The number of anilines is 2. The van der Waals surface area contributed by atoms with Gasteiger partial charge in [-0.2, -0.15) is 0 Å². The smallest absolute Gasteiger partial charge is 0.336 e. The first-order valence-corrected chi connectivity index (χ1v) is 13.5. The average Bonchev–Trinajstić information content (AvgIpc) is 3.04. The number of aromatic carboxylic acids is 2. The lowest BCUT2D eigenvalue weighted by Crippen LogP contribution is -2.17. The number of nitrogens with one attached hydrogen (secondary N) is 2. The van der Waals surface area contributed by atoms with Crippen LogP contribution in [-0.2, 0) is 0 Å². The van der Waals surface area contributed by atoms with Gasteiger partial charge in [0.15, 0.2) is 0 Å². The summed E-state index contributed by atoms with van der Waals surface area (Å²) in [6, 6.07) is 23.7. The summed E-state index contributed by atoms with van der Waals surface area (Å²) >= 11 is 0. The third-order valence-electron chi connectivity index (χ3n) is 7.67. The molecule has 8 heteroatoms. The van der Waals surface area contributed by atoms with E-state index in [2.05, 4.69) is 23.8 Å². The summed E-state index contributed by atoms with van der Waals surface area (Å²) in [6.45, 7) is 7.41. The normalized spacial score (nSPS) is 11.0. The fraction of sp³-hybridized carbons (Fsp3) is 0. The number of carbonyl (C=O) groups is 4. The molecule has 0 unspecified atom stereocenters. The van der Waals surface area contributed by atoms with Crippen LogP contribution < -0.4 is 10.6 Å². The standard InChI is InChI=1S/C36H24N2O6/c1-3-19-5-11-23(35(41)42)27(17-19)33(39)37-29-15-9-21-7-8-22-10-16-30(26-14-13-25(29)31(21)32(22)26)38-34(40)28-18-20(4-2)6-12-24(28)36(43)44/h3-18H,1-2H2,(H,37,39)(H,38,40)(H,41,42)(H,43,44). The van der Waals surface area contributed by atoms with Crippen LogP contribution in [0.25, 0.3) is 44.5 Å². The minimum atomic E-state index is -1.22. The van der Waals surface area contributed by atoms with E-state index in [1.54, 1.807) is 24.3 Å². The van der Waals surface area contributed by atoms with Crippen molar-refractivity contribution < 1.29 is 29.4 Å². The van der Waals surface area contributed by atoms with E-state index in [4.69, 9.17) is 0 Å². The van der Waals surface area contributed by atoms with Crippen LogP contribution in [0.2, 0.25) is 0 Å². The van der Waals surface area contributed by atoms with Crippen molar-refractivity contribution in [3.8, 4) is 0 Å². The number of hydrogen-bond donors (Lipinski definition) is 4. The number of carboxylic acids is 2. The molecule has 0 radical (unpaired) electrons. The molecular weight excluding hydrogens is 556 g/mol. The van der Waals surface area contributed by atoms with Crippen molar-refractivity contribution >= 4 is 79.6 Å². The highest BCUT2D eigenvalue weighted by atomic mass is 16.4. The van der Waals surface area contributed by atoms with Crippen LogP contribution in [-0.4, -0.2) is 34.0 Å². The Morgan fingerprint density at radius 2 is 0.909 bits per heavy atom. The molecule has 0 heterocycles. The van der Waals surface area contributed by atoms with Crippen LogP contribution >= 0.6 is 0 Å². The molecule has 0 aliphatic rings. The Balaban J connectivity index is 1.44. The zero-order valence-corrected chi connectivity index (χ0v) is 23.2. The summed E-state index contributed by atoms with van der Waals surface area (Å²) in [7, 11) is 0. The molecule has 0 saturated heterocycles. The Labute approximate surface area is 250 Å². The molecule has 0 bridgehead atoms. The highest BCUT2D eigenvalue weighted by molar-refractivity contribution is 6.29. The number of carbonyl (C=O) groups excluding carboxylic acids is 2. The molecule has 44 heavy (non-hydrogen) atoms. The van der Waals surface area contributed by atoms with Gasteiger partial charge in [-0.05, 0) is 69.1 Å². The molecule has 8 nitrogen and oxygen atoms in total. The first kappa shape index (κ1) is 27.9. The first-order chi connectivity index (χ1) is 21.2. The molecule has 0 saturated carbocycles. The second-order valence-electron chi connectivity index (χ2n) is 10.2. The molecule has 6 rings (SSSR count). The summed E-state index contributed by atoms with van der Waals surface area (Å²) in [5.41, 5.74) is 1.94. The van der Waals surface area contributed by atoms with E-state index in [0.29, 0.717) is 22.5 Å². The van der Waals surface area contributed by atoms with Gasteiger partial charge in [0, 0.05) is 22.1 Å². The lowest BCUT2D eigenvalue weighted by atomic mass is 9.92. The molecule has 0 aliphatic heterocycles. The largest absolute Gasteiger partial charge is 0.478 e. The van der Waals surface area contributed by atoms with E-state index in [-0.39, 0.29) is 22.3 Å². The van der Waals surface area contributed by atoms with Crippen LogP contribution in [0.4, 0.5) is 11.4 Å². The van der Waals surface area contributed by atoms with Gasteiger partial charge in [0.2, 0.25) is 0 Å². The highest BCUT2D eigenvalue weighted by Crippen LogP contribution is 2.40. The van der Waals surface area contributed by atoms with Gasteiger partial charge in [0.25, 0.3) is 11.8 Å². The molecule has 0 atom stereocenters. The number of amides is 2. The maximum Gasteiger partial charge on any atom is 0.336 e. The predicted octanol–water partition coefficient (Wildman–Crippen LogP) is 7.77. The highest BCUT2D eigenvalue weighted by Gasteiger charge is 2.21. The van der Waals surface area contributed by atoms with Crippen LogP contribution in [0.1, 0.15) is 52.6 Å². The Bertz CT molecular complexity index is 2060. The van der Waals surface area contributed by atoms with Gasteiger partial charge >= 0.3 is 11.9 Å². The SMILES string of the molecule is C=Cc1ccc(C(=O)O)c(C(=O)Nc2ccc3ccc4ccc(NC(=O)c5cc(C=C)ccc5C(=O)O)c5ccc2c3c45)c1. The van der Waals surface area contributed by atoms with Crippen LogP contribution in [0.15, 0.2) is 98.1 Å². The first-order valence-electron chi connectivity index (χ1n) is 13.5. The van der Waals surface area contributed by atoms with Gasteiger partial charge in [0.1, 0.15) is 0 Å². The fourth-order valence-electron chi connectivity index (χ4n) is 5.52. The van der Waals surface area contributed by atoms with Crippen molar-refractivity contribution in [1.82, 2.24) is 0 Å². The zero-order chi connectivity index (χ0) is 31.1. The fourth-order valence-corrected chi connectivity index (χ4v) is 5.52. The van der Waals surface area contributed by atoms with Gasteiger partial charge in [-0.15, -0.1) is 0 Å². The summed E-state index contributed by atoms with van der Waals surface area (Å²) in [5, 5.41) is 30.0. The second kappa shape index (κ2) is 10.8. The molecule has 2 amide bonds. The molecule has 6 aromatic carbocycles. The second-order valence-corrected chi connectivity index (χ2v) is 10.2. The number of carboxylic acid groups (broad SMARTS) is 2. The minimum Gasteiger partial charge on any atom is -0.478 e. The van der Waals surface area contributed by atoms with E-state index < -0.39 is 23.8 Å². The van der Waals surface area contributed by atoms with Crippen LogP contribution in [0.5, 0.6) is 0 Å². The molecule has 0 aromatic heterocycles. The number of hydrogen-bond acceptors (Lipinski definition) is 4. The van der Waals surface area contributed by atoms with E-state index in [1.165, 1.54) is 36.4 Å². The van der Waals surface area contributed by atoms with Crippen molar-refractivity contribution in [2.75, 3.05) is 10.6 Å². The Morgan fingerprint density at radius 1 is 0.523 bits per heavy atom. The van der Waals surface area contributed by atoms with Crippen LogP contribution in [0.3, 0.4) is 0 Å². The van der Waals surface area contributed by atoms with Crippen molar-refractivity contribution in [2.45, 2.75) is 0 Å². The van der Waals surface area contributed by atoms with Crippen molar-refractivity contribution in [1.29, 1.82) is 0 Å². The van der Waals surface area contributed by atoms with Crippen molar-refractivity contribution in [3.05, 3.63) is 131 Å². The third kappa shape index (κ3) is 4.70. The maximum absolute atomic E-state index is 13.4. The van der Waals surface area contributed by atoms with Crippen molar-refractivity contribution in [3.63, 3.8) is 0 Å².